The maximum Gasteiger partial charge on any atom is -0.0149 e. The van der Waals surface area contributed by atoms with E-state index >= 15 is 0 Å². The van der Waals surface area contributed by atoms with Crippen molar-refractivity contribution in [3.8, 4) is 0 Å². The third-order valence-corrected chi connectivity index (χ3v) is 14.7. The molecule has 0 bridgehead atoms. The second-order valence-electron chi connectivity index (χ2n) is 12.2. The molecule has 0 aliphatic heterocycles. The summed E-state index contributed by atoms with van der Waals surface area (Å²) < 4.78 is 4.59. The number of carbonyl (C=O) groups excluding carboxylic acids is 1. The Bertz CT molecular complexity index is 726. The van der Waals surface area contributed by atoms with Gasteiger partial charge in [0.15, 0.2) is 0 Å². The van der Waals surface area contributed by atoms with Crippen LogP contribution < -0.4 is 3.80 Å². The van der Waals surface area contributed by atoms with E-state index in [0.717, 1.165) is 34.8 Å². The van der Waals surface area contributed by atoms with Crippen molar-refractivity contribution in [1.82, 2.24) is 3.80 Å². The van der Waals surface area contributed by atoms with Crippen molar-refractivity contribution in [2.24, 2.45) is 29.6 Å². The van der Waals surface area contributed by atoms with E-state index in [2.05, 4.69) is 51.7 Å². The molecule has 0 spiro atoms. The SMILES string of the molecule is C=CC=C.[CH3][Ti]([CH3])([NH]C(=O)C1CCCCCCCCCCC1)[CH]1C2C=CC=CC2C2CCCCC21.[SiH4]. The van der Waals surface area contributed by atoms with Crippen molar-refractivity contribution in [3.05, 3.63) is 49.6 Å². The van der Waals surface area contributed by atoms with Gasteiger partial charge in [-0.3, -0.25) is 0 Å². The molecule has 0 heterocycles. The molecule has 204 valence electrons. The normalized spacial score (nSPS) is 31.1. The number of amides is 1. The van der Waals surface area contributed by atoms with Crippen molar-refractivity contribution < 1.29 is 21.6 Å². The van der Waals surface area contributed by atoms with Gasteiger partial charge in [-0.15, -0.1) is 0 Å². The monoisotopic (exact) mass is 547 g/mol. The van der Waals surface area contributed by atoms with Gasteiger partial charge in [-0.25, -0.2) is 0 Å². The molecule has 4 aliphatic carbocycles. The van der Waals surface area contributed by atoms with Crippen LogP contribution in [0.2, 0.25) is 14.7 Å². The molecule has 0 aromatic carbocycles. The summed E-state index contributed by atoms with van der Waals surface area (Å²) in [7, 11) is 0. The van der Waals surface area contributed by atoms with Gasteiger partial charge in [-0.05, 0) is 11.0 Å². The molecule has 4 heteroatoms. The standard InChI is InChI=1S/C13H25NO.C13H17.C4H6.2CH3.H4Si.Ti/c14-13(15)12-10-8-6-4-2-1-3-5-7-9-11-12;1-3-7-12-10(5-1)9-11-6-2-4-8-13(11)12;1-3-4-2;;;;/h12H,1-11H2,(H2,14,15);1,3,5,7,9-13H,2,4,6,8H2;3-4H,1-2H2;2*1H3;1H4;/q;;;;;;+1/p-1. The van der Waals surface area contributed by atoms with E-state index in [9.17, 15) is 4.79 Å². The zero-order chi connectivity index (χ0) is 25.1. The molecule has 36 heavy (non-hydrogen) atoms. The van der Waals surface area contributed by atoms with Crippen molar-refractivity contribution in [1.29, 1.82) is 0 Å². The van der Waals surface area contributed by atoms with Crippen LogP contribution in [0.3, 0.4) is 0 Å². The third-order valence-electron chi connectivity index (χ3n) is 9.39. The van der Waals surface area contributed by atoms with E-state index in [1.54, 1.807) is 12.2 Å². The predicted molar refractivity (Wildman–Crippen MR) is 160 cm³/mol. The molecule has 3 fully saturated rings. The summed E-state index contributed by atoms with van der Waals surface area (Å²) in [5, 5.41) is 5.05. The molecule has 0 aromatic heterocycles. The number of nitrogens with one attached hydrogen (secondary N) is 1. The topological polar surface area (TPSA) is 29.1 Å². The average Bonchev–Trinajstić information content (AvgIpc) is 3.19. The summed E-state index contributed by atoms with van der Waals surface area (Å²) in [6, 6.07) is 0. The molecule has 2 nitrogen and oxygen atoms in total. The van der Waals surface area contributed by atoms with Gasteiger partial charge < -0.3 is 0 Å². The Hall–Kier alpha value is -0.639. The molecule has 1 amide bonds. The fourth-order valence-electron chi connectivity index (χ4n) is 7.77. The molecule has 1 N–H and O–H groups in total. The first-order valence-corrected chi connectivity index (χ1v) is 19.7. The Kier molecular flexibility index (Phi) is 14.3. The number of hydrogen-bond donors (Lipinski definition) is 1. The zero-order valence-electron chi connectivity index (χ0n) is 22.9. The molecule has 0 saturated heterocycles. The van der Waals surface area contributed by atoms with Crippen LogP contribution in [0.15, 0.2) is 49.6 Å². The van der Waals surface area contributed by atoms with Gasteiger partial charge in [0.2, 0.25) is 0 Å². The molecular formula is C32H57NOSiTi. The van der Waals surface area contributed by atoms with Crippen LogP contribution >= 0.6 is 0 Å². The van der Waals surface area contributed by atoms with Crippen molar-refractivity contribution >= 4 is 16.9 Å². The van der Waals surface area contributed by atoms with Gasteiger partial charge in [0.25, 0.3) is 0 Å². The fraction of sp³-hybridized carbons (Fsp3) is 0.719. The van der Waals surface area contributed by atoms with Crippen molar-refractivity contribution in [2.45, 2.75) is 111 Å². The molecule has 5 atom stereocenters. The summed E-state index contributed by atoms with van der Waals surface area (Å²) in [6.45, 7) is 6.72. The van der Waals surface area contributed by atoms with Gasteiger partial charge in [-0.1, -0.05) is 25.3 Å². The largest absolute Gasteiger partial charge is 0.0149 e. The average molecular weight is 548 g/mol. The summed E-state index contributed by atoms with van der Waals surface area (Å²) in [4.78, 5) is 13.6. The van der Waals surface area contributed by atoms with E-state index < -0.39 is 16.8 Å². The Labute approximate surface area is 231 Å². The van der Waals surface area contributed by atoms with Crippen molar-refractivity contribution in [2.75, 3.05) is 0 Å². The molecule has 4 rings (SSSR count). The van der Waals surface area contributed by atoms with Gasteiger partial charge >= 0.3 is 196 Å². The summed E-state index contributed by atoms with van der Waals surface area (Å²) in [5.74, 6) is 3.85. The number of fused-ring (bicyclic) bond motifs is 3. The minimum absolute atomic E-state index is 0. The smallest absolute Gasteiger partial charge is 0.0149 e. The molecule has 3 saturated carbocycles. The number of carbonyl (C=O) groups is 1. The second kappa shape index (κ2) is 16.4. The van der Waals surface area contributed by atoms with Crippen LogP contribution in [-0.2, 0) is 21.6 Å². The van der Waals surface area contributed by atoms with Crippen LogP contribution in [-0.4, -0.2) is 16.9 Å². The number of rotatable bonds is 4. The Morgan fingerprint density at radius 1 is 0.722 bits per heavy atom. The minimum Gasteiger partial charge on any atom is -0.0149 e. The van der Waals surface area contributed by atoms with Gasteiger partial charge in [-0.2, -0.15) is 0 Å². The molecule has 4 aliphatic rings. The molecule has 5 unspecified atom stereocenters. The Morgan fingerprint density at radius 3 is 1.69 bits per heavy atom. The Balaban J connectivity index is 0.000000850. The maximum atomic E-state index is 13.6. The van der Waals surface area contributed by atoms with Crippen LogP contribution in [0, 0.1) is 29.6 Å². The van der Waals surface area contributed by atoms with E-state index in [4.69, 9.17) is 0 Å². The van der Waals surface area contributed by atoms with E-state index in [0.29, 0.717) is 11.8 Å². The summed E-state index contributed by atoms with van der Waals surface area (Å²) >= 11 is -2.50. The molecule has 0 aromatic rings. The van der Waals surface area contributed by atoms with Gasteiger partial charge in [0.05, 0.1) is 0 Å². The van der Waals surface area contributed by atoms with Crippen LogP contribution in [0.1, 0.15) is 96.3 Å². The van der Waals surface area contributed by atoms with Crippen LogP contribution in [0.4, 0.5) is 0 Å². The van der Waals surface area contributed by atoms with Gasteiger partial charge in [0.1, 0.15) is 0 Å². The van der Waals surface area contributed by atoms with Crippen LogP contribution in [0.5, 0.6) is 0 Å². The van der Waals surface area contributed by atoms with Crippen molar-refractivity contribution in [3.63, 3.8) is 0 Å². The molecule has 0 radical (unpaired) electrons. The Morgan fingerprint density at radius 2 is 1.17 bits per heavy atom. The van der Waals surface area contributed by atoms with Gasteiger partial charge in [0, 0.05) is 0 Å². The fourth-order valence-corrected chi connectivity index (χ4v) is 13.7. The first-order chi connectivity index (χ1) is 17.0. The summed E-state index contributed by atoms with van der Waals surface area (Å²) in [5.41, 5.74) is 0. The number of hydrogen-bond acceptors (Lipinski definition) is 1. The zero-order valence-corrected chi connectivity index (χ0v) is 24.4. The predicted octanol–water partition coefficient (Wildman–Crippen LogP) is 8.06. The summed E-state index contributed by atoms with van der Waals surface area (Å²) in [6.07, 6.45) is 32.8. The second-order valence-corrected chi connectivity index (χ2v) is 19.0. The third kappa shape index (κ3) is 8.70. The quantitative estimate of drug-likeness (QED) is 0.280. The number of allylic oxidation sites excluding steroid dienone is 6. The molecular weight excluding hydrogens is 490 g/mol. The minimum atomic E-state index is -2.50. The van der Waals surface area contributed by atoms with E-state index in [-0.39, 0.29) is 16.9 Å². The first kappa shape index (κ1) is 31.6. The first-order valence-electron chi connectivity index (χ1n) is 14.9. The maximum absolute atomic E-state index is 13.6. The van der Waals surface area contributed by atoms with E-state index in [1.807, 2.05) is 0 Å². The van der Waals surface area contributed by atoms with Crippen LogP contribution in [0.25, 0.3) is 0 Å². The van der Waals surface area contributed by atoms with E-state index in [1.165, 1.54) is 83.5 Å².